The summed E-state index contributed by atoms with van der Waals surface area (Å²) in [6.07, 6.45) is -14.5. The summed E-state index contributed by atoms with van der Waals surface area (Å²) in [7, 11) is 2.59. The van der Waals surface area contributed by atoms with Crippen LogP contribution in [0.3, 0.4) is 0 Å². The summed E-state index contributed by atoms with van der Waals surface area (Å²) < 4.78 is 33.4. The Labute approximate surface area is 310 Å². The van der Waals surface area contributed by atoms with Gasteiger partial charge in [-0.15, -0.1) is 0 Å². The average Bonchev–Trinajstić information content (AvgIpc) is 3.16. The first kappa shape index (κ1) is 39.3. The lowest BCUT2D eigenvalue weighted by molar-refractivity contribution is -0.239. The molecule has 0 saturated carbocycles. The molecular formula is C37H38O18. The Bertz CT molecular complexity index is 2120. The van der Waals surface area contributed by atoms with Crippen LogP contribution in [0, 0.1) is 0 Å². The molecule has 2 aliphatic heterocycles. The monoisotopic (exact) mass is 770 g/mol. The molecule has 2 fully saturated rings. The normalized spacial score (nSPS) is 26.9. The molecule has 1 aromatic heterocycles. The lowest BCUT2D eigenvalue weighted by Gasteiger charge is -2.42. The van der Waals surface area contributed by atoms with E-state index in [4.69, 9.17) is 28.1 Å². The van der Waals surface area contributed by atoms with Gasteiger partial charge in [-0.25, -0.2) is 4.79 Å². The minimum absolute atomic E-state index is 0.00875. The van der Waals surface area contributed by atoms with Crippen LogP contribution < -0.4 is 14.9 Å². The van der Waals surface area contributed by atoms with Crippen molar-refractivity contribution in [2.45, 2.75) is 54.9 Å². The van der Waals surface area contributed by atoms with Gasteiger partial charge in [-0.05, 0) is 48.0 Å². The maximum atomic E-state index is 13.8. The number of aromatic hydroxyl groups is 4. The van der Waals surface area contributed by atoms with Gasteiger partial charge in [-0.2, -0.15) is 0 Å². The van der Waals surface area contributed by atoms with Crippen LogP contribution >= 0.6 is 0 Å². The van der Waals surface area contributed by atoms with Crippen LogP contribution in [0.15, 0.2) is 57.8 Å². The van der Waals surface area contributed by atoms with Gasteiger partial charge in [0.25, 0.3) is 0 Å². The lowest BCUT2D eigenvalue weighted by atomic mass is 9.85. The smallest absolute Gasteiger partial charge is 0.331 e. The number of fused-ring (bicyclic) bond motifs is 1. The van der Waals surface area contributed by atoms with E-state index in [2.05, 4.69) is 0 Å². The predicted molar refractivity (Wildman–Crippen MR) is 186 cm³/mol. The van der Waals surface area contributed by atoms with E-state index in [1.807, 2.05) is 0 Å². The van der Waals surface area contributed by atoms with Crippen molar-refractivity contribution in [2.24, 2.45) is 0 Å². The highest BCUT2D eigenvalue weighted by Gasteiger charge is 2.50. The Morgan fingerprint density at radius 3 is 2.09 bits per heavy atom. The molecule has 10 N–H and O–H groups in total. The Hall–Kier alpha value is -5.44. The van der Waals surface area contributed by atoms with Gasteiger partial charge in [0.15, 0.2) is 28.6 Å². The summed E-state index contributed by atoms with van der Waals surface area (Å²) in [5.74, 6) is -3.70. The van der Waals surface area contributed by atoms with E-state index in [0.29, 0.717) is 0 Å². The Kier molecular flexibility index (Phi) is 11.2. The van der Waals surface area contributed by atoms with Crippen molar-refractivity contribution in [1.82, 2.24) is 0 Å². The highest BCUT2D eigenvalue weighted by molar-refractivity contribution is 5.92. The third-order valence-electron chi connectivity index (χ3n) is 9.45. The van der Waals surface area contributed by atoms with Gasteiger partial charge in [0.2, 0.25) is 5.75 Å². The van der Waals surface area contributed by atoms with Crippen LogP contribution in [0.4, 0.5) is 0 Å². The zero-order valence-corrected chi connectivity index (χ0v) is 29.0. The Morgan fingerprint density at radius 1 is 0.818 bits per heavy atom. The Morgan fingerprint density at radius 2 is 1.47 bits per heavy atom. The number of hydrogen-bond donors (Lipinski definition) is 10. The summed E-state index contributed by atoms with van der Waals surface area (Å²) in [4.78, 5) is 27.2. The van der Waals surface area contributed by atoms with Crippen LogP contribution in [0.25, 0.3) is 28.4 Å². The van der Waals surface area contributed by atoms with Gasteiger partial charge in [-0.1, -0.05) is 0 Å². The van der Waals surface area contributed by atoms with Gasteiger partial charge in [0.1, 0.15) is 77.2 Å². The number of phenolic OH excluding ortho intramolecular Hbond substituents is 4. The van der Waals surface area contributed by atoms with Crippen LogP contribution in [0.1, 0.15) is 28.9 Å². The average molecular weight is 771 g/mol. The number of ether oxygens (including phenoxy) is 5. The molecule has 6 rings (SSSR count). The standard InChI is InChI=1S/C37H38O18/c1-50-20-9-14(10-21(51-2)28(20)44)3-8-23(42)55-37-33(49)29(45)22(12-38)54-36(37)26-31(47)25(35-32(48)27(43)18(41)13-52-35)30(46)24-17(40)11-19(53-34(24)26)15-4-6-16(39)7-5-15/h3-11,18,22,27,29,32-33,35-39,41,43-49H,12-13H2,1-2H3/t18-,22+,27-,29-,32+,33-,35-,36+,37+/m0/s1. The maximum absolute atomic E-state index is 13.8. The number of carbonyl (C=O) groups is 1. The van der Waals surface area contributed by atoms with Crippen LogP contribution in [-0.2, 0) is 19.0 Å². The van der Waals surface area contributed by atoms with E-state index in [0.717, 1.165) is 12.1 Å². The fourth-order valence-corrected chi connectivity index (χ4v) is 6.57. The van der Waals surface area contributed by atoms with Crippen molar-refractivity contribution in [3.05, 3.63) is 75.5 Å². The van der Waals surface area contributed by atoms with E-state index in [1.165, 1.54) is 56.7 Å². The molecule has 0 radical (unpaired) electrons. The largest absolute Gasteiger partial charge is 0.508 e. The van der Waals surface area contributed by atoms with Gasteiger partial charge < -0.3 is 79.2 Å². The zero-order valence-electron chi connectivity index (χ0n) is 29.0. The second-order valence-corrected chi connectivity index (χ2v) is 12.8. The Balaban J connectivity index is 1.53. The molecule has 3 aromatic carbocycles. The summed E-state index contributed by atoms with van der Waals surface area (Å²) in [5.41, 5.74) is -2.27. The first-order valence-electron chi connectivity index (χ1n) is 16.7. The summed E-state index contributed by atoms with van der Waals surface area (Å²) >= 11 is 0. The molecule has 2 aliphatic rings. The number of methoxy groups -OCH3 is 2. The number of benzene rings is 3. The highest BCUT2D eigenvalue weighted by Crippen LogP contribution is 2.51. The first-order valence-corrected chi connectivity index (χ1v) is 16.7. The summed E-state index contributed by atoms with van der Waals surface area (Å²) in [5, 5.41) is 107. The van der Waals surface area contributed by atoms with Crippen LogP contribution in [-0.4, -0.2) is 127 Å². The summed E-state index contributed by atoms with van der Waals surface area (Å²) in [6, 6.07) is 9.07. The molecule has 4 aromatic rings. The zero-order chi connectivity index (χ0) is 39.9. The van der Waals surface area contributed by atoms with Gasteiger partial charge in [-0.3, -0.25) is 4.79 Å². The fraction of sp³-hybridized carbons (Fsp3) is 0.351. The van der Waals surface area contributed by atoms with Crippen molar-refractivity contribution >= 4 is 23.0 Å². The molecule has 2 saturated heterocycles. The maximum Gasteiger partial charge on any atom is 0.331 e. The first-order chi connectivity index (χ1) is 26.2. The van der Waals surface area contributed by atoms with E-state index in [-0.39, 0.29) is 39.9 Å². The van der Waals surface area contributed by atoms with E-state index in [1.54, 1.807) is 0 Å². The number of hydrogen-bond acceptors (Lipinski definition) is 18. The number of rotatable bonds is 9. The van der Waals surface area contributed by atoms with Crippen LogP contribution in [0.2, 0.25) is 0 Å². The molecule has 55 heavy (non-hydrogen) atoms. The number of esters is 1. The molecule has 18 nitrogen and oxygen atoms in total. The van der Waals surface area contributed by atoms with Crippen molar-refractivity contribution in [2.75, 3.05) is 27.4 Å². The molecule has 0 unspecified atom stereocenters. The topological polar surface area (TPSA) is 296 Å². The molecule has 3 heterocycles. The minimum Gasteiger partial charge on any atom is -0.508 e. The predicted octanol–water partition coefficient (Wildman–Crippen LogP) is 0.233. The molecular weight excluding hydrogens is 732 g/mol. The molecule has 0 spiro atoms. The second-order valence-electron chi connectivity index (χ2n) is 12.8. The number of aliphatic hydroxyl groups excluding tert-OH is 6. The lowest BCUT2D eigenvalue weighted by Crippen LogP contribution is -2.56. The molecule has 0 bridgehead atoms. The molecule has 9 atom stereocenters. The van der Waals surface area contributed by atoms with Gasteiger partial charge in [0.05, 0.1) is 38.6 Å². The molecule has 294 valence electrons. The molecule has 0 aliphatic carbocycles. The highest BCUT2D eigenvalue weighted by atomic mass is 16.6. The van der Waals surface area contributed by atoms with Crippen molar-refractivity contribution < 1.29 is 84.0 Å². The quantitative estimate of drug-likeness (QED) is 0.0805. The number of aliphatic hydroxyl groups is 6. The van der Waals surface area contributed by atoms with Crippen LogP contribution in [0.5, 0.6) is 34.5 Å². The van der Waals surface area contributed by atoms with Crippen molar-refractivity contribution in [3.8, 4) is 45.8 Å². The third kappa shape index (κ3) is 7.24. The van der Waals surface area contributed by atoms with E-state index in [9.17, 15) is 60.7 Å². The van der Waals surface area contributed by atoms with Crippen molar-refractivity contribution in [3.63, 3.8) is 0 Å². The summed E-state index contributed by atoms with van der Waals surface area (Å²) in [6.45, 7) is -1.51. The van der Waals surface area contributed by atoms with Crippen molar-refractivity contribution in [1.29, 1.82) is 0 Å². The van der Waals surface area contributed by atoms with Gasteiger partial charge >= 0.3 is 5.97 Å². The minimum atomic E-state index is -2.05. The SMILES string of the molecule is COc1cc(C=CC(=O)O[C@@H]2[C@@H](O)[C@@H](O)[C@@H](CO)O[C@@H]2c2c(O)c([C@@H]3OC[C@H](O)[C@H](O)[C@H]3O)c(O)c3c(=O)cc(-c4ccc(O)cc4)oc23)cc(OC)c1O. The van der Waals surface area contributed by atoms with E-state index >= 15 is 0 Å². The fourth-order valence-electron chi connectivity index (χ4n) is 6.57. The third-order valence-corrected chi connectivity index (χ3v) is 9.45. The number of phenols is 4. The van der Waals surface area contributed by atoms with E-state index < -0.39 is 113 Å². The number of carbonyl (C=O) groups excluding carboxylic acids is 1. The molecule has 0 amide bonds. The van der Waals surface area contributed by atoms with Gasteiger partial charge in [0, 0.05) is 17.7 Å². The second kappa shape index (κ2) is 15.7. The molecule has 18 heteroatoms.